The minimum atomic E-state index is -0.622. The number of carbonyl (C=O) groups is 1. The van der Waals surface area contributed by atoms with Crippen LogP contribution in [0.3, 0.4) is 0 Å². The van der Waals surface area contributed by atoms with Crippen molar-refractivity contribution in [3.8, 4) is 5.75 Å². The molecule has 0 aliphatic heterocycles. The lowest BCUT2D eigenvalue weighted by molar-refractivity contribution is -0.384. The number of phenols is 1. The van der Waals surface area contributed by atoms with Gasteiger partial charge in [0.15, 0.2) is 0 Å². The summed E-state index contributed by atoms with van der Waals surface area (Å²) in [4.78, 5) is 22.1. The van der Waals surface area contributed by atoms with Crippen molar-refractivity contribution in [1.82, 2.24) is 0 Å². The molecule has 108 valence electrons. The first-order chi connectivity index (χ1) is 9.88. The number of rotatable bonds is 3. The van der Waals surface area contributed by atoms with E-state index in [1.54, 1.807) is 12.1 Å². The number of anilines is 1. The molecule has 0 spiro atoms. The van der Waals surface area contributed by atoms with Crippen molar-refractivity contribution in [3.63, 3.8) is 0 Å². The summed E-state index contributed by atoms with van der Waals surface area (Å²) >= 11 is 5.31. The summed E-state index contributed by atoms with van der Waals surface area (Å²) in [5.74, 6) is -0.771. The molecule has 0 radical (unpaired) electrons. The van der Waals surface area contributed by atoms with Gasteiger partial charge in [0.05, 0.1) is 22.2 Å². The van der Waals surface area contributed by atoms with Gasteiger partial charge in [-0.3, -0.25) is 14.9 Å². The average molecular weight is 463 g/mol. The lowest BCUT2D eigenvalue weighted by Gasteiger charge is -2.09. The Morgan fingerprint density at radius 2 is 2.00 bits per heavy atom. The molecule has 0 atom stereocenters. The summed E-state index contributed by atoms with van der Waals surface area (Å²) in [6, 6.07) is 8.72. The summed E-state index contributed by atoms with van der Waals surface area (Å²) in [6.45, 7) is 0. The molecule has 0 aliphatic rings. The molecule has 0 aromatic heterocycles. The maximum Gasteiger partial charge on any atom is 0.273 e. The molecular weight excluding hydrogens is 455 g/mol. The fraction of sp³-hybridized carbons (Fsp3) is 0. The van der Waals surface area contributed by atoms with Gasteiger partial charge in [-0.05, 0) is 46.9 Å². The van der Waals surface area contributed by atoms with Crippen molar-refractivity contribution in [3.05, 3.63) is 60.1 Å². The van der Waals surface area contributed by atoms with E-state index in [0.29, 0.717) is 5.56 Å². The van der Waals surface area contributed by atoms with Gasteiger partial charge < -0.3 is 10.4 Å². The Morgan fingerprint density at radius 1 is 1.29 bits per heavy atom. The molecule has 0 aliphatic carbocycles. The Labute approximate surface area is 141 Å². The van der Waals surface area contributed by atoms with Gasteiger partial charge in [-0.2, -0.15) is 0 Å². The van der Waals surface area contributed by atoms with Gasteiger partial charge in [-0.25, -0.2) is 0 Å². The Bertz CT molecular complexity index is 736. The Balaban J connectivity index is 2.27. The van der Waals surface area contributed by atoms with Crippen molar-refractivity contribution in [2.45, 2.75) is 0 Å². The average Bonchev–Trinajstić information content (AvgIpc) is 2.43. The largest absolute Gasteiger partial charge is 0.506 e. The summed E-state index contributed by atoms with van der Waals surface area (Å²) in [5, 5.41) is 22.8. The number of carbonyl (C=O) groups excluding carboxylic acids is 1. The van der Waals surface area contributed by atoms with Gasteiger partial charge in [-0.1, -0.05) is 15.9 Å². The SMILES string of the molecule is O=C(Nc1ccc([N+](=O)[O-])cc1O)c1cc(Br)ccc1I. The summed E-state index contributed by atoms with van der Waals surface area (Å²) in [6.07, 6.45) is 0. The maximum atomic E-state index is 12.2. The lowest BCUT2D eigenvalue weighted by Crippen LogP contribution is -2.13. The molecule has 0 fully saturated rings. The third kappa shape index (κ3) is 3.70. The molecule has 2 N–H and O–H groups in total. The number of aromatic hydroxyl groups is 1. The zero-order chi connectivity index (χ0) is 15.6. The fourth-order valence-corrected chi connectivity index (χ4v) is 2.54. The van der Waals surface area contributed by atoms with Crippen LogP contribution in [0.2, 0.25) is 0 Å². The van der Waals surface area contributed by atoms with Crippen LogP contribution in [-0.4, -0.2) is 15.9 Å². The number of benzene rings is 2. The molecule has 2 rings (SSSR count). The maximum absolute atomic E-state index is 12.2. The molecule has 0 saturated carbocycles. The number of phenolic OH excluding ortho intramolecular Hbond substituents is 1. The molecule has 0 heterocycles. The molecule has 6 nitrogen and oxygen atoms in total. The van der Waals surface area contributed by atoms with Gasteiger partial charge in [0.1, 0.15) is 5.75 Å². The predicted octanol–water partition coefficient (Wildman–Crippen LogP) is 3.92. The van der Waals surface area contributed by atoms with Crippen LogP contribution in [0, 0.1) is 13.7 Å². The number of halogens is 2. The monoisotopic (exact) mass is 462 g/mol. The topological polar surface area (TPSA) is 92.5 Å². The van der Waals surface area contributed by atoms with E-state index in [1.165, 1.54) is 12.1 Å². The highest BCUT2D eigenvalue weighted by Gasteiger charge is 2.15. The van der Waals surface area contributed by atoms with E-state index in [1.807, 2.05) is 28.7 Å². The van der Waals surface area contributed by atoms with Crippen molar-refractivity contribution in [2.75, 3.05) is 5.32 Å². The molecular formula is C13H8BrIN2O4. The lowest BCUT2D eigenvalue weighted by atomic mass is 10.2. The fourth-order valence-electron chi connectivity index (χ4n) is 1.60. The molecule has 8 heteroatoms. The first-order valence-electron chi connectivity index (χ1n) is 5.62. The summed E-state index contributed by atoms with van der Waals surface area (Å²) in [7, 11) is 0. The van der Waals surface area contributed by atoms with E-state index < -0.39 is 10.8 Å². The Kier molecular flexibility index (Phi) is 4.78. The van der Waals surface area contributed by atoms with Gasteiger partial charge in [-0.15, -0.1) is 0 Å². The van der Waals surface area contributed by atoms with Crippen molar-refractivity contribution in [2.24, 2.45) is 0 Å². The number of amides is 1. The van der Waals surface area contributed by atoms with Crippen molar-refractivity contribution < 1.29 is 14.8 Å². The highest BCUT2D eigenvalue weighted by atomic mass is 127. The zero-order valence-corrected chi connectivity index (χ0v) is 14.1. The number of nitrogens with zero attached hydrogens (tertiary/aromatic N) is 1. The second-order valence-corrected chi connectivity index (χ2v) is 6.11. The number of nitro benzene ring substituents is 1. The molecule has 0 unspecified atom stereocenters. The summed E-state index contributed by atoms with van der Waals surface area (Å²) in [5.41, 5.74) is 0.298. The van der Waals surface area contributed by atoms with Crippen LogP contribution in [0.4, 0.5) is 11.4 Å². The first kappa shape index (κ1) is 15.7. The molecule has 0 bridgehead atoms. The van der Waals surface area contributed by atoms with Crippen LogP contribution in [-0.2, 0) is 0 Å². The zero-order valence-electron chi connectivity index (χ0n) is 10.3. The second-order valence-electron chi connectivity index (χ2n) is 4.04. The van der Waals surface area contributed by atoms with Gasteiger partial charge in [0, 0.05) is 14.1 Å². The highest BCUT2D eigenvalue weighted by Crippen LogP contribution is 2.29. The van der Waals surface area contributed by atoms with Gasteiger partial charge >= 0.3 is 0 Å². The van der Waals surface area contributed by atoms with E-state index >= 15 is 0 Å². The van der Waals surface area contributed by atoms with E-state index in [0.717, 1.165) is 14.1 Å². The number of hydrogen-bond donors (Lipinski definition) is 2. The summed E-state index contributed by atoms with van der Waals surface area (Å²) < 4.78 is 1.50. The number of hydrogen-bond acceptors (Lipinski definition) is 4. The van der Waals surface area contributed by atoms with E-state index in [-0.39, 0.29) is 17.1 Å². The smallest absolute Gasteiger partial charge is 0.273 e. The Morgan fingerprint density at radius 3 is 2.62 bits per heavy atom. The third-order valence-electron chi connectivity index (χ3n) is 2.61. The van der Waals surface area contributed by atoms with E-state index in [4.69, 9.17) is 0 Å². The Hall–Kier alpha value is -1.68. The van der Waals surface area contributed by atoms with Crippen LogP contribution in [0.5, 0.6) is 5.75 Å². The minimum Gasteiger partial charge on any atom is -0.506 e. The highest BCUT2D eigenvalue weighted by molar-refractivity contribution is 14.1. The van der Waals surface area contributed by atoms with Gasteiger partial charge in [0.2, 0.25) is 0 Å². The first-order valence-corrected chi connectivity index (χ1v) is 7.49. The molecule has 1 amide bonds. The standard InChI is InChI=1S/C13H8BrIN2O4/c14-7-1-3-10(15)9(5-7)13(19)16-11-4-2-8(17(20)21)6-12(11)18/h1-6,18H,(H,16,19). The number of nitrogens with one attached hydrogen (secondary N) is 1. The van der Waals surface area contributed by atoms with E-state index in [2.05, 4.69) is 21.2 Å². The minimum absolute atomic E-state index is 0.112. The van der Waals surface area contributed by atoms with Crippen LogP contribution >= 0.6 is 38.5 Å². The van der Waals surface area contributed by atoms with Crippen LogP contribution in [0.1, 0.15) is 10.4 Å². The molecule has 2 aromatic carbocycles. The number of nitro groups is 1. The normalized spacial score (nSPS) is 10.2. The van der Waals surface area contributed by atoms with E-state index in [9.17, 15) is 20.0 Å². The second kappa shape index (κ2) is 6.39. The van der Waals surface area contributed by atoms with Crippen LogP contribution in [0.25, 0.3) is 0 Å². The molecule has 0 saturated heterocycles. The quantitative estimate of drug-likeness (QED) is 0.313. The van der Waals surface area contributed by atoms with Crippen molar-refractivity contribution in [1.29, 1.82) is 0 Å². The predicted molar refractivity (Wildman–Crippen MR) is 89.6 cm³/mol. The molecule has 2 aromatic rings. The number of non-ortho nitro benzene ring substituents is 1. The van der Waals surface area contributed by atoms with Gasteiger partial charge in [0.25, 0.3) is 11.6 Å². The van der Waals surface area contributed by atoms with Crippen LogP contribution < -0.4 is 5.32 Å². The van der Waals surface area contributed by atoms with Crippen molar-refractivity contribution >= 4 is 55.8 Å². The third-order valence-corrected chi connectivity index (χ3v) is 4.05. The molecule has 21 heavy (non-hydrogen) atoms. The van der Waals surface area contributed by atoms with Crippen LogP contribution in [0.15, 0.2) is 40.9 Å².